The number of esters is 1. The Bertz CT molecular complexity index is 149. The van der Waals surface area contributed by atoms with E-state index in [1.807, 2.05) is 0 Å². The van der Waals surface area contributed by atoms with Crippen molar-refractivity contribution >= 4 is 15.5 Å². The van der Waals surface area contributed by atoms with Crippen LogP contribution in [0, 0.1) is 0 Å². The molecule has 1 rings (SSSR count). The van der Waals surface area contributed by atoms with Crippen LogP contribution in [0.1, 0.15) is 6.92 Å². The third-order valence-corrected chi connectivity index (χ3v) is 0.665. The number of carbonyl (C=O) groups is 1. The van der Waals surface area contributed by atoms with Gasteiger partial charge in [0.2, 0.25) is 0 Å². The molecule has 0 aromatic heterocycles. The van der Waals surface area contributed by atoms with Gasteiger partial charge in [0.25, 0.3) is 0 Å². The third kappa shape index (κ3) is 4.21. The second-order valence-corrected chi connectivity index (χ2v) is 2.25. The van der Waals surface area contributed by atoms with E-state index in [-0.39, 0.29) is 5.97 Å². The van der Waals surface area contributed by atoms with Gasteiger partial charge in [0, 0.05) is 0 Å². The lowest BCUT2D eigenvalue weighted by Gasteiger charge is -2.05. The largest absolute Gasteiger partial charge is 0.475 e. The van der Waals surface area contributed by atoms with Gasteiger partial charge in [-0.05, 0) is 6.92 Å². The second-order valence-electron chi connectivity index (χ2n) is 1.55. The highest BCUT2D eigenvalue weighted by Crippen LogP contribution is 2.06. The molecule has 0 aliphatic carbocycles. The summed E-state index contributed by atoms with van der Waals surface area (Å²) in [6, 6.07) is 0. The minimum absolute atomic E-state index is 0.199. The maximum atomic E-state index is 9.94. The Morgan fingerprint density at radius 3 is 1.80 bits per heavy atom. The van der Waals surface area contributed by atoms with Gasteiger partial charge in [-0.15, -0.1) is 0 Å². The van der Waals surface area contributed by atoms with E-state index in [2.05, 4.69) is 4.74 Å². The van der Waals surface area contributed by atoms with E-state index in [9.17, 15) is 4.79 Å². The van der Waals surface area contributed by atoms with Crippen LogP contribution in [0.2, 0.25) is 0 Å². The van der Waals surface area contributed by atoms with Gasteiger partial charge in [-0.3, -0.25) is 0 Å². The van der Waals surface area contributed by atoms with Gasteiger partial charge in [0.15, 0.2) is 0 Å². The van der Waals surface area contributed by atoms with Crippen LogP contribution in [0.15, 0.2) is 11.8 Å². The van der Waals surface area contributed by atoms with Crippen molar-refractivity contribution in [1.82, 2.24) is 0 Å². The molecule has 0 saturated carbocycles. The van der Waals surface area contributed by atoms with Crippen molar-refractivity contribution in [3.63, 3.8) is 0 Å². The third-order valence-electron chi connectivity index (χ3n) is 0.665. The maximum Gasteiger partial charge on any atom is 0.475 e. The van der Waals surface area contributed by atoms with E-state index in [0.29, 0.717) is 5.57 Å². The Balaban J connectivity index is 0.000000180. The Hall–Kier alpha value is -0.693. The van der Waals surface area contributed by atoms with E-state index >= 15 is 0 Å². The first-order valence-electron chi connectivity index (χ1n) is 2.46. The SMILES string of the molecule is CC1=COC1=O.O[SiH](O)O. The molecule has 1 heterocycles. The van der Waals surface area contributed by atoms with Gasteiger partial charge in [0.05, 0.1) is 5.57 Å². The topological polar surface area (TPSA) is 87.0 Å². The van der Waals surface area contributed by atoms with E-state index < -0.39 is 9.53 Å². The average Bonchev–Trinajstić information content (AvgIpc) is 1.83. The normalized spacial score (nSPS) is 14.5. The second kappa shape index (κ2) is 4.17. The van der Waals surface area contributed by atoms with Crippen LogP contribution in [0.3, 0.4) is 0 Å². The Morgan fingerprint density at radius 1 is 1.50 bits per heavy atom. The molecule has 0 bridgehead atoms. The first-order valence-corrected chi connectivity index (χ1v) is 4.01. The lowest BCUT2D eigenvalue weighted by molar-refractivity contribution is -0.138. The number of rotatable bonds is 0. The molecule has 0 saturated heterocycles. The first-order chi connectivity index (χ1) is 4.54. The Kier molecular flexibility index (Phi) is 3.89. The molecular formula is C4H8O5Si. The van der Waals surface area contributed by atoms with Crippen LogP contribution < -0.4 is 0 Å². The number of hydrogen-bond donors (Lipinski definition) is 3. The molecule has 1 aliphatic heterocycles. The number of carbonyl (C=O) groups excluding carboxylic acids is 1. The molecule has 6 heteroatoms. The van der Waals surface area contributed by atoms with Crippen LogP contribution >= 0.6 is 0 Å². The summed E-state index contributed by atoms with van der Waals surface area (Å²) >= 11 is 0. The first kappa shape index (κ1) is 9.31. The van der Waals surface area contributed by atoms with Crippen molar-refractivity contribution in [1.29, 1.82) is 0 Å². The van der Waals surface area contributed by atoms with E-state index in [0.717, 1.165) is 0 Å². The summed E-state index contributed by atoms with van der Waals surface area (Å²) in [6.45, 7) is 1.71. The molecule has 10 heavy (non-hydrogen) atoms. The number of ether oxygens (including phenoxy) is 1. The van der Waals surface area contributed by atoms with Gasteiger partial charge >= 0.3 is 15.5 Å². The molecule has 0 fully saturated rings. The van der Waals surface area contributed by atoms with Crippen molar-refractivity contribution in [3.05, 3.63) is 11.8 Å². The zero-order valence-corrected chi connectivity index (χ0v) is 6.47. The minimum Gasteiger partial charge on any atom is -0.430 e. The van der Waals surface area contributed by atoms with Gasteiger partial charge in [-0.1, -0.05) is 0 Å². The molecule has 0 unspecified atom stereocenters. The molecule has 0 amide bonds. The van der Waals surface area contributed by atoms with Crippen LogP contribution in [-0.4, -0.2) is 29.9 Å². The van der Waals surface area contributed by atoms with Crippen LogP contribution in [0.4, 0.5) is 0 Å². The molecule has 1 aliphatic rings. The molecule has 5 nitrogen and oxygen atoms in total. The van der Waals surface area contributed by atoms with Crippen LogP contribution in [0.5, 0.6) is 0 Å². The zero-order valence-electron chi connectivity index (χ0n) is 5.31. The van der Waals surface area contributed by atoms with Crippen molar-refractivity contribution < 1.29 is 23.9 Å². The lowest BCUT2D eigenvalue weighted by atomic mass is 10.3. The number of hydrogen-bond acceptors (Lipinski definition) is 5. The zero-order chi connectivity index (χ0) is 8.15. The summed E-state index contributed by atoms with van der Waals surface area (Å²) in [5, 5.41) is 0. The molecule has 0 radical (unpaired) electrons. The van der Waals surface area contributed by atoms with Gasteiger partial charge in [-0.25, -0.2) is 4.79 Å². The summed E-state index contributed by atoms with van der Waals surface area (Å²) in [5.41, 5.74) is 0.704. The molecule has 0 aromatic carbocycles. The lowest BCUT2D eigenvalue weighted by Crippen LogP contribution is -2.10. The summed E-state index contributed by atoms with van der Waals surface area (Å²) in [7, 11) is -3.14. The van der Waals surface area contributed by atoms with E-state index in [1.54, 1.807) is 6.92 Å². The molecule has 0 spiro atoms. The van der Waals surface area contributed by atoms with Crippen molar-refractivity contribution in [2.75, 3.05) is 0 Å². The highest BCUT2D eigenvalue weighted by molar-refractivity contribution is 6.30. The van der Waals surface area contributed by atoms with E-state index in [4.69, 9.17) is 14.4 Å². The Labute approximate surface area is 59.1 Å². The smallest absolute Gasteiger partial charge is 0.430 e. The minimum atomic E-state index is -3.14. The molecule has 0 aromatic rings. The predicted octanol–water partition coefficient (Wildman–Crippen LogP) is -1.87. The quantitative estimate of drug-likeness (QED) is 0.288. The van der Waals surface area contributed by atoms with Crippen LogP contribution in [0.25, 0.3) is 0 Å². The summed E-state index contributed by atoms with van der Waals surface area (Å²) in [4.78, 5) is 31.9. The highest BCUT2D eigenvalue weighted by Gasteiger charge is 2.12. The van der Waals surface area contributed by atoms with Gasteiger partial charge in [-0.2, -0.15) is 0 Å². The fourth-order valence-electron chi connectivity index (χ4n) is 0.225. The van der Waals surface area contributed by atoms with Gasteiger partial charge in [0.1, 0.15) is 6.26 Å². The molecule has 0 atom stereocenters. The Morgan fingerprint density at radius 2 is 1.80 bits per heavy atom. The molecule has 3 N–H and O–H groups in total. The summed E-state index contributed by atoms with van der Waals surface area (Å²) < 4.78 is 4.24. The van der Waals surface area contributed by atoms with Crippen molar-refractivity contribution in [2.24, 2.45) is 0 Å². The van der Waals surface area contributed by atoms with Gasteiger partial charge < -0.3 is 19.1 Å². The fraction of sp³-hybridized carbons (Fsp3) is 0.250. The highest BCUT2D eigenvalue weighted by atomic mass is 28.3. The monoisotopic (exact) mass is 164 g/mol. The van der Waals surface area contributed by atoms with Crippen molar-refractivity contribution in [2.45, 2.75) is 6.92 Å². The molecular weight excluding hydrogens is 156 g/mol. The number of cyclic esters (lactones) is 1. The summed E-state index contributed by atoms with van der Waals surface area (Å²) in [5.74, 6) is -0.199. The van der Waals surface area contributed by atoms with Crippen LogP contribution in [-0.2, 0) is 9.53 Å². The fourth-order valence-corrected chi connectivity index (χ4v) is 0.225. The average molecular weight is 164 g/mol. The van der Waals surface area contributed by atoms with Crippen molar-refractivity contribution in [3.8, 4) is 0 Å². The standard InChI is InChI=1S/C4H4O2.H4O3Si/c1-3-2-6-4(3)5;1-4(2)3/h2H,1H3;1-4H. The predicted molar refractivity (Wildman–Crippen MR) is 33.7 cm³/mol. The van der Waals surface area contributed by atoms with E-state index in [1.165, 1.54) is 6.26 Å². The maximum absolute atomic E-state index is 9.94. The summed E-state index contributed by atoms with van der Waals surface area (Å²) in [6.07, 6.45) is 1.43. The molecule has 58 valence electrons.